The molecule has 1 aromatic heterocycles. The van der Waals surface area contributed by atoms with E-state index in [4.69, 9.17) is 0 Å². The van der Waals surface area contributed by atoms with E-state index in [0.29, 0.717) is 5.39 Å². The Kier molecular flexibility index (Phi) is 2.44. The molecule has 0 bridgehead atoms. The number of aromatic nitrogens is 1. The fourth-order valence-electron chi connectivity index (χ4n) is 1.73. The molecule has 82 valence electrons. The lowest BCUT2D eigenvalue weighted by atomic mass is 10.2. The number of allylic oxidation sites excluding steroid dienone is 1. The van der Waals surface area contributed by atoms with Crippen molar-refractivity contribution < 1.29 is 9.50 Å². The van der Waals surface area contributed by atoms with E-state index in [0.717, 1.165) is 0 Å². The predicted molar refractivity (Wildman–Crippen MR) is 59.2 cm³/mol. The molecule has 0 radical (unpaired) electrons. The summed E-state index contributed by atoms with van der Waals surface area (Å²) in [6.07, 6.45) is 1.50. The average molecular weight is 220 g/mol. The number of hydrogen-bond acceptors (Lipinski definition) is 3. The highest BCUT2D eigenvalue weighted by Gasteiger charge is 2.18. The minimum atomic E-state index is -0.510. The molecule has 0 aliphatic carbocycles. The van der Waals surface area contributed by atoms with Gasteiger partial charge in [0.05, 0.1) is 5.52 Å². The Labute approximate surface area is 90.6 Å². The Balaban J connectivity index is 2.91. The van der Waals surface area contributed by atoms with E-state index in [2.05, 4.69) is 11.8 Å². The quantitative estimate of drug-likeness (QED) is 0.638. The number of aromatic hydroxyl groups is 1. The molecule has 0 amide bonds. The van der Waals surface area contributed by atoms with Gasteiger partial charge in [-0.05, 0) is 11.2 Å². The van der Waals surface area contributed by atoms with E-state index in [1.165, 1.54) is 28.8 Å². The van der Waals surface area contributed by atoms with Crippen molar-refractivity contribution in [3.8, 4) is 5.88 Å². The third-order valence-electron chi connectivity index (χ3n) is 2.38. The fraction of sp³-hybridized carbons (Fsp3) is 0.0909. The number of nitroso groups, excluding NO2 is 1. The number of rotatable bonds is 3. The van der Waals surface area contributed by atoms with Crippen molar-refractivity contribution in [2.45, 2.75) is 6.54 Å². The Hall–Kier alpha value is -2.17. The van der Waals surface area contributed by atoms with Gasteiger partial charge in [-0.2, -0.15) is 0 Å². The summed E-state index contributed by atoms with van der Waals surface area (Å²) in [5, 5.41) is 12.7. The predicted octanol–water partition coefficient (Wildman–Crippen LogP) is 3.07. The molecule has 0 saturated carbocycles. The molecule has 5 heteroatoms. The second kappa shape index (κ2) is 3.77. The van der Waals surface area contributed by atoms with Gasteiger partial charge in [0.1, 0.15) is 5.82 Å². The maximum atomic E-state index is 13.6. The summed E-state index contributed by atoms with van der Waals surface area (Å²) in [4.78, 5) is 10.6. The molecule has 0 aliphatic heterocycles. The van der Waals surface area contributed by atoms with Gasteiger partial charge in [-0.1, -0.05) is 18.2 Å². The van der Waals surface area contributed by atoms with Crippen LogP contribution in [0.15, 0.2) is 36.0 Å². The molecule has 4 nitrogen and oxygen atoms in total. The summed E-state index contributed by atoms with van der Waals surface area (Å²) in [5.74, 6) is -0.848. The summed E-state index contributed by atoms with van der Waals surface area (Å²) in [6, 6.07) is 4.26. The zero-order valence-corrected chi connectivity index (χ0v) is 8.35. The van der Waals surface area contributed by atoms with Crippen molar-refractivity contribution in [3.05, 3.63) is 41.6 Å². The fourth-order valence-corrected chi connectivity index (χ4v) is 1.73. The van der Waals surface area contributed by atoms with Gasteiger partial charge in [-0.15, -0.1) is 11.5 Å². The van der Waals surface area contributed by atoms with Crippen LogP contribution in [0.25, 0.3) is 10.9 Å². The van der Waals surface area contributed by atoms with Crippen molar-refractivity contribution in [1.29, 1.82) is 0 Å². The highest BCUT2D eigenvalue weighted by Crippen LogP contribution is 2.39. The van der Waals surface area contributed by atoms with Crippen LogP contribution in [-0.4, -0.2) is 9.67 Å². The van der Waals surface area contributed by atoms with E-state index in [9.17, 15) is 14.4 Å². The lowest BCUT2D eigenvalue weighted by Gasteiger charge is -2.02. The largest absolute Gasteiger partial charge is 0.493 e. The molecule has 0 saturated heterocycles. The molecule has 1 heterocycles. The molecule has 0 unspecified atom stereocenters. The third-order valence-corrected chi connectivity index (χ3v) is 2.38. The van der Waals surface area contributed by atoms with E-state index >= 15 is 0 Å². The van der Waals surface area contributed by atoms with Crippen LogP contribution >= 0.6 is 0 Å². The number of fused-ring (bicyclic) bond motifs is 1. The van der Waals surface area contributed by atoms with Gasteiger partial charge in [0.2, 0.25) is 5.88 Å². The van der Waals surface area contributed by atoms with Crippen LogP contribution < -0.4 is 0 Å². The van der Waals surface area contributed by atoms with Crippen molar-refractivity contribution >= 4 is 16.6 Å². The first-order valence-corrected chi connectivity index (χ1v) is 4.64. The minimum Gasteiger partial charge on any atom is -0.493 e. The number of nitrogens with zero attached hydrogens (tertiary/aromatic N) is 2. The van der Waals surface area contributed by atoms with Crippen LogP contribution in [0.5, 0.6) is 5.88 Å². The highest BCUT2D eigenvalue weighted by atomic mass is 19.1. The second-order valence-corrected chi connectivity index (χ2v) is 3.30. The van der Waals surface area contributed by atoms with Crippen molar-refractivity contribution in [3.63, 3.8) is 0 Å². The summed E-state index contributed by atoms with van der Waals surface area (Å²) < 4.78 is 14.8. The van der Waals surface area contributed by atoms with Crippen LogP contribution in [0.4, 0.5) is 10.1 Å². The summed E-state index contributed by atoms with van der Waals surface area (Å²) in [6.45, 7) is 3.71. The molecule has 0 spiro atoms. The van der Waals surface area contributed by atoms with E-state index in [-0.39, 0.29) is 23.6 Å². The Morgan fingerprint density at radius 3 is 2.94 bits per heavy atom. The maximum absolute atomic E-state index is 13.6. The van der Waals surface area contributed by atoms with Crippen LogP contribution in [0.3, 0.4) is 0 Å². The zero-order chi connectivity index (χ0) is 11.7. The SMILES string of the molecule is C=CCn1c(O)c(N=O)c2cccc(F)c21. The lowest BCUT2D eigenvalue weighted by Crippen LogP contribution is -1.95. The normalized spacial score (nSPS) is 10.6. The first-order valence-electron chi connectivity index (χ1n) is 4.64. The van der Waals surface area contributed by atoms with Gasteiger partial charge in [0.25, 0.3) is 0 Å². The molecule has 1 aromatic carbocycles. The first-order chi connectivity index (χ1) is 7.70. The van der Waals surface area contributed by atoms with Crippen LogP contribution in [0.1, 0.15) is 0 Å². The van der Waals surface area contributed by atoms with E-state index in [1.807, 2.05) is 0 Å². The summed E-state index contributed by atoms with van der Waals surface area (Å²) in [5.41, 5.74) is 0.0193. The van der Waals surface area contributed by atoms with Crippen molar-refractivity contribution in [2.24, 2.45) is 5.18 Å². The Morgan fingerprint density at radius 2 is 2.31 bits per heavy atom. The van der Waals surface area contributed by atoms with Crippen molar-refractivity contribution in [2.75, 3.05) is 0 Å². The second-order valence-electron chi connectivity index (χ2n) is 3.30. The van der Waals surface area contributed by atoms with E-state index < -0.39 is 5.82 Å². The Morgan fingerprint density at radius 1 is 1.56 bits per heavy atom. The Bertz CT molecular complexity index is 575. The maximum Gasteiger partial charge on any atom is 0.222 e. The molecule has 0 aliphatic rings. The first kappa shape index (κ1) is 10.4. The smallest absolute Gasteiger partial charge is 0.222 e. The van der Waals surface area contributed by atoms with Crippen molar-refractivity contribution in [1.82, 2.24) is 4.57 Å². The molecule has 2 rings (SSSR count). The van der Waals surface area contributed by atoms with Crippen LogP contribution in [0, 0.1) is 10.7 Å². The molecule has 2 aromatic rings. The molecular formula is C11H9FN2O2. The van der Waals surface area contributed by atoms with Gasteiger partial charge in [-0.25, -0.2) is 4.39 Å². The number of para-hydroxylation sites is 1. The third kappa shape index (κ3) is 1.29. The van der Waals surface area contributed by atoms with Crippen LogP contribution in [-0.2, 0) is 6.54 Å². The monoisotopic (exact) mass is 220 g/mol. The number of hydrogen-bond donors (Lipinski definition) is 1. The molecule has 0 fully saturated rings. The number of benzene rings is 1. The highest BCUT2D eigenvalue weighted by molar-refractivity contribution is 5.95. The zero-order valence-electron chi connectivity index (χ0n) is 8.35. The topological polar surface area (TPSA) is 54.6 Å². The van der Waals surface area contributed by atoms with E-state index in [1.54, 1.807) is 0 Å². The average Bonchev–Trinajstić information content (AvgIpc) is 2.54. The molecule has 1 N–H and O–H groups in total. The van der Waals surface area contributed by atoms with Crippen LogP contribution in [0.2, 0.25) is 0 Å². The van der Waals surface area contributed by atoms with Gasteiger partial charge in [0.15, 0.2) is 5.69 Å². The lowest BCUT2D eigenvalue weighted by molar-refractivity contribution is 0.430. The van der Waals surface area contributed by atoms with Gasteiger partial charge < -0.3 is 9.67 Å². The van der Waals surface area contributed by atoms with Gasteiger partial charge >= 0.3 is 0 Å². The van der Waals surface area contributed by atoms with Gasteiger partial charge in [0, 0.05) is 11.9 Å². The van der Waals surface area contributed by atoms with Gasteiger partial charge in [-0.3, -0.25) is 0 Å². The standard InChI is InChI=1S/C11H9FN2O2/c1-2-6-14-10-7(4-3-5-8(10)12)9(13-16)11(14)15/h2-5,15H,1,6H2. The molecular weight excluding hydrogens is 211 g/mol. The summed E-state index contributed by atoms with van der Waals surface area (Å²) >= 11 is 0. The molecule has 16 heavy (non-hydrogen) atoms. The summed E-state index contributed by atoms with van der Waals surface area (Å²) in [7, 11) is 0. The molecule has 0 atom stereocenters. The minimum absolute atomic E-state index is 0.142. The number of halogens is 1.